The SMILES string of the molecule is Cc1c(C(=O)N(C)CC2CCN(Cc3ccccc3)CC2)c[nH]c(=O)c1C#N. The number of likely N-dealkylation sites (tertiary alicyclic amines) is 1. The van der Waals surface area contributed by atoms with E-state index in [0.717, 1.165) is 32.5 Å². The summed E-state index contributed by atoms with van der Waals surface area (Å²) in [6, 6.07) is 12.4. The zero-order chi connectivity index (χ0) is 20.1. The zero-order valence-corrected chi connectivity index (χ0v) is 16.4. The second-order valence-electron chi connectivity index (χ2n) is 7.53. The van der Waals surface area contributed by atoms with Crippen molar-refractivity contribution in [3.63, 3.8) is 0 Å². The maximum Gasteiger partial charge on any atom is 0.266 e. The molecule has 0 bridgehead atoms. The minimum Gasteiger partial charge on any atom is -0.341 e. The Morgan fingerprint density at radius 2 is 1.96 bits per heavy atom. The van der Waals surface area contributed by atoms with Gasteiger partial charge < -0.3 is 9.88 Å². The molecule has 6 nitrogen and oxygen atoms in total. The fourth-order valence-corrected chi connectivity index (χ4v) is 3.82. The first-order chi connectivity index (χ1) is 13.5. The fourth-order valence-electron chi connectivity index (χ4n) is 3.82. The maximum atomic E-state index is 12.8. The van der Waals surface area contributed by atoms with Crippen LogP contribution in [-0.2, 0) is 6.54 Å². The lowest BCUT2D eigenvalue weighted by atomic mass is 9.95. The van der Waals surface area contributed by atoms with Crippen molar-refractivity contribution < 1.29 is 4.79 Å². The van der Waals surface area contributed by atoms with Gasteiger partial charge in [0.05, 0.1) is 5.56 Å². The Kier molecular flexibility index (Phi) is 6.27. The minimum absolute atomic E-state index is 0.00784. The van der Waals surface area contributed by atoms with E-state index in [9.17, 15) is 9.59 Å². The largest absolute Gasteiger partial charge is 0.341 e. The molecular weight excluding hydrogens is 352 g/mol. The number of aromatic amines is 1. The molecule has 0 atom stereocenters. The lowest BCUT2D eigenvalue weighted by Gasteiger charge is -2.34. The van der Waals surface area contributed by atoms with Crippen molar-refractivity contribution in [3.05, 3.63) is 69.1 Å². The minimum atomic E-state index is -0.454. The predicted octanol–water partition coefficient (Wildman–Crippen LogP) is 2.54. The van der Waals surface area contributed by atoms with Gasteiger partial charge in [-0.1, -0.05) is 30.3 Å². The van der Waals surface area contributed by atoms with E-state index in [2.05, 4.69) is 34.1 Å². The molecule has 2 aromatic rings. The van der Waals surface area contributed by atoms with Gasteiger partial charge in [0.1, 0.15) is 11.6 Å². The number of rotatable bonds is 5. The smallest absolute Gasteiger partial charge is 0.266 e. The summed E-state index contributed by atoms with van der Waals surface area (Å²) in [5.41, 5.74) is 1.72. The second kappa shape index (κ2) is 8.85. The Labute approximate surface area is 165 Å². The quantitative estimate of drug-likeness (QED) is 0.867. The Bertz CT molecular complexity index is 922. The van der Waals surface area contributed by atoms with Crippen molar-refractivity contribution >= 4 is 5.91 Å². The highest BCUT2D eigenvalue weighted by molar-refractivity contribution is 5.95. The van der Waals surface area contributed by atoms with Crippen LogP contribution in [0.2, 0.25) is 0 Å². The molecule has 0 unspecified atom stereocenters. The fraction of sp³-hybridized carbons (Fsp3) is 0.409. The number of piperidine rings is 1. The van der Waals surface area contributed by atoms with Crippen molar-refractivity contribution in [2.75, 3.05) is 26.7 Å². The maximum absolute atomic E-state index is 12.8. The molecule has 0 saturated carbocycles. The third kappa shape index (κ3) is 4.49. The van der Waals surface area contributed by atoms with Crippen molar-refractivity contribution in [2.24, 2.45) is 5.92 Å². The van der Waals surface area contributed by atoms with Crippen LogP contribution >= 0.6 is 0 Å². The van der Waals surface area contributed by atoms with E-state index in [0.29, 0.717) is 23.6 Å². The summed E-state index contributed by atoms with van der Waals surface area (Å²) < 4.78 is 0. The van der Waals surface area contributed by atoms with Crippen LogP contribution < -0.4 is 5.56 Å². The van der Waals surface area contributed by atoms with Gasteiger partial charge in [-0.2, -0.15) is 5.26 Å². The van der Waals surface area contributed by atoms with Crippen LogP contribution in [0.1, 0.15) is 39.9 Å². The van der Waals surface area contributed by atoms with Crippen LogP contribution in [0.4, 0.5) is 0 Å². The molecule has 0 spiro atoms. The van der Waals surface area contributed by atoms with Gasteiger partial charge in [0.2, 0.25) is 0 Å². The second-order valence-corrected chi connectivity index (χ2v) is 7.53. The highest BCUT2D eigenvalue weighted by atomic mass is 16.2. The Morgan fingerprint density at radius 3 is 2.61 bits per heavy atom. The first-order valence-corrected chi connectivity index (χ1v) is 9.63. The van der Waals surface area contributed by atoms with Gasteiger partial charge >= 0.3 is 0 Å². The molecule has 0 aliphatic carbocycles. The summed E-state index contributed by atoms with van der Waals surface area (Å²) in [4.78, 5) is 31.2. The molecule has 1 saturated heterocycles. The number of carbonyl (C=O) groups is 1. The number of carbonyl (C=O) groups excluding carboxylic acids is 1. The van der Waals surface area contributed by atoms with Crippen molar-refractivity contribution in [1.29, 1.82) is 5.26 Å². The Hall–Kier alpha value is -2.91. The van der Waals surface area contributed by atoms with E-state index in [-0.39, 0.29) is 11.5 Å². The average molecular weight is 378 g/mol. The number of pyridine rings is 1. The van der Waals surface area contributed by atoms with E-state index in [1.807, 2.05) is 12.1 Å². The molecule has 1 fully saturated rings. The zero-order valence-electron chi connectivity index (χ0n) is 16.4. The number of nitriles is 1. The topological polar surface area (TPSA) is 80.2 Å². The number of nitrogens with zero attached hydrogens (tertiary/aromatic N) is 3. The molecule has 1 aromatic heterocycles. The number of benzene rings is 1. The predicted molar refractivity (Wildman–Crippen MR) is 108 cm³/mol. The summed E-state index contributed by atoms with van der Waals surface area (Å²) in [6.07, 6.45) is 3.52. The molecule has 146 valence electrons. The average Bonchev–Trinajstić information content (AvgIpc) is 2.70. The van der Waals surface area contributed by atoms with Gasteiger partial charge in [-0.25, -0.2) is 0 Å². The molecule has 1 aromatic carbocycles. The van der Waals surface area contributed by atoms with E-state index in [1.54, 1.807) is 18.9 Å². The van der Waals surface area contributed by atoms with Crippen LogP contribution in [0.5, 0.6) is 0 Å². The molecule has 1 aliphatic rings. The van der Waals surface area contributed by atoms with Crippen LogP contribution in [0.25, 0.3) is 0 Å². The third-order valence-corrected chi connectivity index (χ3v) is 5.53. The van der Waals surface area contributed by atoms with Crippen molar-refractivity contribution in [3.8, 4) is 6.07 Å². The number of H-pyrrole nitrogens is 1. The molecule has 1 amide bonds. The van der Waals surface area contributed by atoms with Crippen LogP contribution in [0, 0.1) is 24.2 Å². The number of hydrogen-bond donors (Lipinski definition) is 1. The molecule has 1 aliphatic heterocycles. The van der Waals surface area contributed by atoms with E-state index < -0.39 is 5.56 Å². The molecule has 2 heterocycles. The van der Waals surface area contributed by atoms with Gasteiger partial charge in [-0.3, -0.25) is 14.5 Å². The normalized spacial score (nSPS) is 15.2. The van der Waals surface area contributed by atoms with E-state index in [1.165, 1.54) is 11.8 Å². The van der Waals surface area contributed by atoms with Gasteiger partial charge in [0.25, 0.3) is 11.5 Å². The summed E-state index contributed by atoms with van der Waals surface area (Å²) in [6.45, 7) is 5.35. The lowest BCUT2D eigenvalue weighted by molar-refractivity contribution is 0.0736. The highest BCUT2D eigenvalue weighted by Crippen LogP contribution is 2.21. The van der Waals surface area contributed by atoms with Crippen LogP contribution in [0.3, 0.4) is 0 Å². The summed E-state index contributed by atoms with van der Waals surface area (Å²) in [7, 11) is 1.79. The first kappa shape index (κ1) is 19.8. The van der Waals surface area contributed by atoms with Crippen molar-refractivity contribution in [1.82, 2.24) is 14.8 Å². The molecule has 1 N–H and O–H groups in total. The van der Waals surface area contributed by atoms with E-state index in [4.69, 9.17) is 5.26 Å². The first-order valence-electron chi connectivity index (χ1n) is 9.63. The van der Waals surface area contributed by atoms with Crippen LogP contribution in [-0.4, -0.2) is 47.4 Å². The number of aromatic nitrogens is 1. The third-order valence-electron chi connectivity index (χ3n) is 5.53. The van der Waals surface area contributed by atoms with Crippen molar-refractivity contribution in [2.45, 2.75) is 26.3 Å². The van der Waals surface area contributed by atoms with Gasteiger partial charge in [0, 0.05) is 26.3 Å². The Balaban J connectivity index is 1.56. The van der Waals surface area contributed by atoms with E-state index >= 15 is 0 Å². The Morgan fingerprint density at radius 1 is 1.29 bits per heavy atom. The molecule has 28 heavy (non-hydrogen) atoms. The van der Waals surface area contributed by atoms with Crippen LogP contribution in [0.15, 0.2) is 41.3 Å². The van der Waals surface area contributed by atoms with Gasteiger partial charge in [-0.05, 0) is 49.9 Å². The number of hydrogen-bond acceptors (Lipinski definition) is 4. The monoisotopic (exact) mass is 378 g/mol. The van der Waals surface area contributed by atoms with Gasteiger partial charge in [-0.15, -0.1) is 0 Å². The summed E-state index contributed by atoms with van der Waals surface area (Å²) in [5.74, 6) is 0.302. The highest BCUT2D eigenvalue weighted by Gasteiger charge is 2.24. The number of amides is 1. The van der Waals surface area contributed by atoms with Gasteiger partial charge in [0.15, 0.2) is 0 Å². The number of nitrogens with one attached hydrogen (secondary N) is 1. The molecule has 0 radical (unpaired) electrons. The summed E-state index contributed by atoms with van der Waals surface area (Å²) in [5, 5.41) is 9.14. The molecule has 6 heteroatoms. The lowest BCUT2D eigenvalue weighted by Crippen LogP contribution is -2.39. The summed E-state index contributed by atoms with van der Waals surface area (Å²) >= 11 is 0. The molecule has 3 rings (SSSR count). The molecular formula is C22H26N4O2. The standard InChI is InChI=1S/C22H26N4O2/c1-16-19(12-23)21(27)24-13-20(16)22(28)25(2)14-18-8-10-26(11-9-18)15-17-6-4-3-5-7-17/h3-7,13,18H,8-11,14-15H2,1-2H3,(H,24,27).